The molecule has 0 aliphatic heterocycles. The van der Waals surface area contributed by atoms with E-state index in [1.807, 2.05) is 7.05 Å². The molecular formula is C21H38N4. The molecule has 0 aliphatic carbocycles. The van der Waals surface area contributed by atoms with Gasteiger partial charge in [0, 0.05) is 19.6 Å². The van der Waals surface area contributed by atoms with Crippen molar-refractivity contribution in [3.8, 4) is 0 Å². The van der Waals surface area contributed by atoms with Crippen molar-refractivity contribution in [3.63, 3.8) is 0 Å². The predicted octanol–water partition coefficient (Wildman–Crippen LogP) is 3.77. The van der Waals surface area contributed by atoms with Crippen LogP contribution in [-0.2, 0) is 0 Å². The average Bonchev–Trinajstić information content (AvgIpc) is 2.62. The highest BCUT2D eigenvalue weighted by Crippen LogP contribution is 2.15. The van der Waals surface area contributed by atoms with Crippen LogP contribution in [-0.4, -0.2) is 50.1 Å². The Bertz CT molecular complexity index is 508. The van der Waals surface area contributed by atoms with Gasteiger partial charge in [-0.3, -0.25) is 4.99 Å². The van der Waals surface area contributed by atoms with E-state index in [0.29, 0.717) is 12.0 Å². The van der Waals surface area contributed by atoms with Crippen molar-refractivity contribution in [1.82, 2.24) is 15.5 Å². The van der Waals surface area contributed by atoms with E-state index in [4.69, 9.17) is 0 Å². The fraction of sp³-hybridized carbons (Fsp3) is 0.667. The van der Waals surface area contributed by atoms with E-state index in [0.717, 1.165) is 32.0 Å². The maximum atomic E-state index is 4.37. The maximum absolute atomic E-state index is 4.37. The second-order valence-corrected chi connectivity index (χ2v) is 6.98. The summed E-state index contributed by atoms with van der Waals surface area (Å²) in [5.74, 6) is 1.35. The molecule has 4 heteroatoms. The fourth-order valence-corrected chi connectivity index (χ4v) is 3.01. The SMILES string of the molecule is CCN(CC)CCCC(C)NC(=NC)NCC(C)c1cccc(C)c1. The van der Waals surface area contributed by atoms with Crippen molar-refractivity contribution in [1.29, 1.82) is 0 Å². The van der Waals surface area contributed by atoms with Crippen LogP contribution in [0.15, 0.2) is 29.3 Å². The molecule has 0 saturated carbocycles. The monoisotopic (exact) mass is 346 g/mol. The van der Waals surface area contributed by atoms with Gasteiger partial charge >= 0.3 is 0 Å². The smallest absolute Gasteiger partial charge is 0.191 e. The summed E-state index contributed by atoms with van der Waals surface area (Å²) in [5.41, 5.74) is 2.68. The first-order chi connectivity index (χ1) is 12.0. The summed E-state index contributed by atoms with van der Waals surface area (Å²) >= 11 is 0. The van der Waals surface area contributed by atoms with E-state index in [2.05, 4.69) is 79.4 Å². The zero-order chi connectivity index (χ0) is 18.7. The quantitative estimate of drug-likeness (QED) is 0.500. The van der Waals surface area contributed by atoms with Crippen molar-refractivity contribution in [2.24, 2.45) is 4.99 Å². The minimum absolute atomic E-state index is 0.427. The predicted molar refractivity (Wildman–Crippen MR) is 111 cm³/mol. The Morgan fingerprint density at radius 2 is 1.92 bits per heavy atom. The Morgan fingerprint density at radius 3 is 2.52 bits per heavy atom. The van der Waals surface area contributed by atoms with E-state index in [-0.39, 0.29) is 0 Å². The van der Waals surface area contributed by atoms with Crippen LogP contribution in [0, 0.1) is 6.92 Å². The van der Waals surface area contributed by atoms with Gasteiger partial charge in [0.1, 0.15) is 0 Å². The Labute approximate surface area is 155 Å². The van der Waals surface area contributed by atoms with Crippen LogP contribution in [0.1, 0.15) is 57.6 Å². The van der Waals surface area contributed by atoms with E-state index in [9.17, 15) is 0 Å². The van der Waals surface area contributed by atoms with Crippen molar-refractivity contribution >= 4 is 5.96 Å². The van der Waals surface area contributed by atoms with Crippen LogP contribution >= 0.6 is 0 Å². The lowest BCUT2D eigenvalue weighted by Crippen LogP contribution is -2.43. The van der Waals surface area contributed by atoms with Gasteiger partial charge in [0.25, 0.3) is 0 Å². The second kappa shape index (κ2) is 11.9. The number of hydrogen-bond donors (Lipinski definition) is 2. The van der Waals surface area contributed by atoms with Crippen LogP contribution in [0.4, 0.5) is 0 Å². The van der Waals surface area contributed by atoms with Gasteiger partial charge in [-0.05, 0) is 57.8 Å². The molecule has 0 aromatic heterocycles. The molecule has 0 fully saturated rings. The zero-order valence-corrected chi connectivity index (χ0v) is 17.1. The fourth-order valence-electron chi connectivity index (χ4n) is 3.01. The molecule has 2 N–H and O–H groups in total. The summed E-state index contributed by atoms with van der Waals surface area (Å²) in [6.45, 7) is 15.4. The third-order valence-corrected chi connectivity index (χ3v) is 4.80. The standard InChI is InChI=1S/C21H38N4/c1-7-25(8-2)14-10-12-19(5)24-21(22-6)23-16-18(4)20-13-9-11-17(3)15-20/h9,11,13,15,18-19H,7-8,10,12,14,16H2,1-6H3,(H2,22,23,24). The third-order valence-electron chi connectivity index (χ3n) is 4.80. The lowest BCUT2D eigenvalue weighted by atomic mass is 9.99. The number of aliphatic imine (C=N–C) groups is 1. The van der Waals surface area contributed by atoms with Crippen LogP contribution in [0.5, 0.6) is 0 Å². The minimum Gasteiger partial charge on any atom is -0.356 e. The summed E-state index contributed by atoms with van der Waals surface area (Å²) in [6.07, 6.45) is 2.37. The molecule has 0 bridgehead atoms. The Morgan fingerprint density at radius 1 is 1.20 bits per heavy atom. The molecule has 1 aromatic carbocycles. The molecule has 1 rings (SSSR count). The van der Waals surface area contributed by atoms with E-state index < -0.39 is 0 Å². The molecule has 4 nitrogen and oxygen atoms in total. The van der Waals surface area contributed by atoms with Crippen molar-refractivity contribution < 1.29 is 0 Å². The van der Waals surface area contributed by atoms with Crippen LogP contribution in [0.3, 0.4) is 0 Å². The highest BCUT2D eigenvalue weighted by molar-refractivity contribution is 5.79. The molecule has 25 heavy (non-hydrogen) atoms. The third kappa shape index (κ3) is 8.39. The number of aryl methyl sites for hydroxylation is 1. The minimum atomic E-state index is 0.427. The first kappa shape index (κ1) is 21.5. The zero-order valence-electron chi connectivity index (χ0n) is 17.1. The number of nitrogens with one attached hydrogen (secondary N) is 2. The molecular weight excluding hydrogens is 308 g/mol. The summed E-state index contributed by atoms with van der Waals surface area (Å²) in [6, 6.07) is 9.16. The topological polar surface area (TPSA) is 39.7 Å². The lowest BCUT2D eigenvalue weighted by molar-refractivity contribution is 0.292. The molecule has 0 amide bonds. The molecule has 1 aromatic rings. The first-order valence-corrected chi connectivity index (χ1v) is 9.76. The number of nitrogens with zero attached hydrogens (tertiary/aromatic N) is 2. The van der Waals surface area contributed by atoms with E-state index in [1.165, 1.54) is 24.1 Å². The van der Waals surface area contributed by atoms with E-state index in [1.54, 1.807) is 0 Å². The van der Waals surface area contributed by atoms with Gasteiger partial charge in [-0.15, -0.1) is 0 Å². The molecule has 2 unspecified atom stereocenters. The van der Waals surface area contributed by atoms with Gasteiger partial charge in [-0.1, -0.05) is 50.6 Å². The van der Waals surface area contributed by atoms with Crippen LogP contribution in [0.2, 0.25) is 0 Å². The number of rotatable bonds is 10. The van der Waals surface area contributed by atoms with Gasteiger partial charge in [-0.25, -0.2) is 0 Å². The largest absolute Gasteiger partial charge is 0.356 e. The molecule has 2 atom stereocenters. The summed E-state index contributed by atoms with van der Waals surface area (Å²) in [5, 5.41) is 6.98. The average molecular weight is 347 g/mol. The molecule has 0 saturated heterocycles. The van der Waals surface area contributed by atoms with Gasteiger partial charge in [0.05, 0.1) is 0 Å². The van der Waals surface area contributed by atoms with Crippen LogP contribution < -0.4 is 10.6 Å². The number of guanidine groups is 1. The summed E-state index contributed by atoms with van der Waals surface area (Å²) in [7, 11) is 1.84. The Kier molecular flexibility index (Phi) is 10.2. The Hall–Kier alpha value is -1.55. The lowest BCUT2D eigenvalue weighted by Gasteiger charge is -2.22. The molecule has 0 heterocycles. The normalized spacial score (nSPS) is 14.4. The van der Waals surface area contributed by atoms with Crippen molar-refractivity contribution in [3.05, 3.63) is 35.4 Å². The van der Waals surface area contributed by atoms with Crippen LogP contribution in [0.25, 0.3) is 0 Å². The second-order valence-electron chi connectivity index (χ2n) is 6.98. The van der Waals surface area contributed by atoms with Crippen molar-refractivity contribution in [2.45, 2.75) is 59.4 Å². The number of hydrogen-bond acceptors (Lipinski definition) is 2. The maximum Gasteiger partial charge on any atom is 0.191 e. The first-order valence-electron chi connectivity index (χ1n) is 9.76. The van der Waals surface area contributed by atoms with Gasteiger partial charge in [0.2, 0.25) is 0 Å². The van der Waals surface area contributed by atoms with E-state index >= 15 is 0 Å². The highest BCUT2D eigenvalue weighted by atomic mass is 15.2. The summed E-state index contributed by atoms with van der Waals surface area (Å²) in [4.78, 5) is 6.85. The van der Waals surface area contributed by atoms with Gasteiger partial charge in [-0.2, -0.15) is 0 Å². The molecule has 0 aliphatic rings. The molecule has 142 valence electrons. The molecule has 0 radical (unpaired) electrons. The number of benzene rings is 1. The molecule has 0 spiro atoms. The Balaban J connectivity index is 2.36. The summed E-state index contributed by atoms with van der Waals surface area (Å²) < 4.78 is 0. The van der Waals surface area contributed by atoms with Gasteiger partial charge < -0.3 is 15.5 Å². The highest BCUT2D eigenvalue weighted by Gasteiger charge is 2.09. The van der Waals surface area contributed by atoms with Gasteiger partial charge in [0.15, 0.2) is 5.96 Å². The van der Waals surface area contributed by atoms with Crippen molar-refractivity contribution in [2.75, 3.05) is 33.2 Å².